The predicted octanol–water partition coefficient (Wildman–Crippen LogP) is 4.41. The first-order valence-corrected chi connectivity index (χ1v) is 9.12. The summed E-state index contributed by atoms with van der Waals surface area (Å²) in [5.74, 6) is -0.938. The lowest BCUT2D eigenvalue weighted by Gasteiger charge is -2.28. The molecule has 0 spiro atoms. The Kier molecular flexibility index (Phi) is 6.31. The van der Waals surface area contributed by atoms with Crippen LogP contribution in [0, 0.1) is 0 Å². The van der Waals surface area contributed by atoms with Gasteiger partial charge in [-0.3, -0.25) is 0 Å². The van der Waals surface area contributed by atoms with E-state index in [-0.39, 0.29) is 34.5 Å². The summed E-state index contributed by atoms with van der Waals surface area (Å²) in [7, 11) is 0. The summed E-state index contributed by atoms with van der Waals surface area (Å²) in [6, 6.07) is 6.44. The van der Waals surface area contributed by atoms with Gasteiger partial charge in [0.2, 0.25) is 11.5 Å². The summed E-state index contributed by atoms with van der Waals surface area (Å²) in [6.45, 7) is 8.27. The zero-order valence-electron chi connectivity index (χ0n) is 16.2. The molecule has 0 radical (unpaired) electrons. The lowest BCUT2D eigenvalue weighted by atomic mass is 9.77. The molecule has 0 aliphatic carbocycles. The molecule has 6 nitrogen and oxygen atoms in total. The molecular formula is C21H28O6. The fraction of sp³-hybridized carbons (Fsp3) is 0.429. The fourth-order valence-corrected chi connectivity index (χ4v) is 2.93. The third-order valence-electron chi connectivity index (χ3n) is 4.50. The van der Waals surface area contributed by atoms with Crippen LogP contribution in [0.15, 0.2) is 24.3 Å². The summed E-state index contributed by atoms with van der Waals surface area (Å²) < 4.78 is 10.8. The number of hydrogen-bond acceptors (Lipinski definition) is 6. The molecule has 0 bridgehead atoms. The monoisotopic (exact) mass is 376 g/mol. The molecule has 4 N–H and O–H groups in total. The van der Waals surface area contributed by atoms with Gasteiger partial charge in [-0.25, -0.2) is 0 Å². The van der Waals surface area contributed by atoms with Crippen molar-refractivity contribution in [2.45, 2.75) is 46.0 Å². The minimum Gasteiger partial charge on any atom is -0.504 e. The average Bonchev–Trinajstić information content (AvgIpc) is 2.63. The topological polar surface area (TPSA) is 99.4 Å². The second-order valence-electron chi connectivity index (χ2n) is 6.94. The molecule has 0 heterocycles. The number of benzene rings is 2. The molecule has 27 heavy (non-hydrogen) atoms. The number of phenolic OH excluding ortho intramolecular Hbond substituents is 4. The Labute approximate surface area is 159 Å². The number of phenols is 4. The molecule has 6 heteroatoms. The summed E-state index contributed by atoms with van der Waals surface area (Å²) in [5.41, 5.74) is -0.128. The first-order chi connectivity index (χ1) is 12.8. The van der Waals surface area contributed by atoms with Gasteiger partial charge >= 0.3 is 0 Å². The van der Waals surface area contributed by atoms with Gasteiger partial charge in [-0.15, -0.1) is 0 Å². The molecule has 2 aromatic carbocycles. The maximum atomic E-state index is 10.5. The van der Waals surface area contributed by atoms with Gasteiger partial charge < -0.3 is 29.9 Å². The number of aromatic hydroxyl groups is 4. The maximum absolute atomic E-state index is 10.5. The SMILES string of the molecule is CCCOc1ccc(C(C)(C)c2ccc(OCCC)c(O)c2O)c(O)c1O. The van der Waals surface area contributed by atoms with Gasteiger partial charge in [0.15, 0.2) is 23.0 Å². The number of rotatable bonds is 8. The van der Waals surface area contributed by atoms with E-state index < -0.39 is 5.41 Å². The van der Waals surface area contributed by atoms with Crippen LogP contribution in [-0.4, -0.2) is 33.6 Å². The zero-order chi connectivity index (χ0) is 20.2. The van der Waals surface area contributed by atoms with Gasteiger partial charge in [0, 0.05) is 16.5 Å². The smallest absolute Gasteiger partial charge is 0.200 e. The Bertz CT molecular complexity index is 732. The zero-order valence-corrected chi connectivity index (χ0v) is 16.2. The van der Waals surface area contributed by atoms with Crippen LogP contribution in [0.25, 0.3) is 0 Å². The van der Waals surface area contributed by atoms with Crippen molar-refractivity contribution in [2.75, 3.05) is 13.2 Å². The highest BCUT2D eigenvalue weighted by atomic mass is 16.5. The Morgan fingerprint density at radius 3 is 1.37 bits per heavy atom. The van der Waals surface area contributed by atoms with Crippen LogP contribution >= 0.6 is 0 Å². The van der Waals surface area contributed by atoms with Crippen LogP contribution in [0.4, 0.5) is 0 Å². The van der Waals surface area contributed by atoms with Crippen LogP contribution in [0.1, 0.15) is 51.7 Å². The van der Waals surface area contributed by atoms with E-state index in [1.165, 1.54) is 0 Å². The summed E-state index contributed by atoms with van der Waals surface area (Å²) in [5, 5.41) is 41.6. The molecule has 0 aliphatic heterocycles. The third-order valence-corrected chi connectivity index (χ3v) is 4.50. The summed E-state index contributed by atoms with van der Waals surface area (Å²) in [4.78, 5) is 0. The van der Waals surface area contributed by atoms with E-state index in [0.29, 0.717) is 24.3 Å². The van der Waals surface area contributed by atoms with Crippen molar-refractivity contribution in [2.24, 2.45) is 0 Å². The van der Waals surface area contributed by atoms with E-state index in [0.717, 1.165) is 12.8 Å². The summed E-state index contributed by atoms with van der Waals surface area (Å²) in [6.07, 6.45) is 1.54. The van der Waals surface area contributed by atoms with Crippen LogP contribution in [-0.2, 0) is 5.41 Å². The number of hydrogen-bond donors (Lipinski definition) is 4. The van der Waals surface area contributed by atoms with Crippen LogP contribution in [0.5, 0.6) is 34.5 Å². The van der Waals surface area contributed by atoms with Crippen molar-refractivity contribution in [3.8, 4) is 34.5 Å². The molecule has 0 atom stereocenters. The van der Waals surface area contributed by atoms with Gasteiger partial charge in [0.25, 0.3) is 0 Å². The average molecular weight is 376 g/mol. The van der Waals surface area contributed by atoms with Crippen molar-refractivity contribution >= 4 is 0 Å². The first kappa shape index (κ1) is 20.6. The van der Waals surface area contributed by atoms with E-state index in [4.69, 9.17) is 9.47 Å². The highest BCUT2D eigenvalue weighted by Crippen LogP contribution is 2.50. The highest BCUT2D eigenvalue weighted by molar-refractivity contribution is 5.62. The van der Waals surface area contributed by atoms with Crippen molar-refractivity contribution < 1.29 is 29.9 Å². The molecular weight excluding hydrogens is 348 g/mol. The largest absolute Gasteiger partial charge is 0.504 e. The Balaban J connectivity index is 2.46. The minimum atomic E-state index is -0.907. The van der Waals surface area contributed by atoms with Gasteiger partial charge in [-0.1, -0.05) is 39.8 Å². The van der Waals surface area contributed by atoms with Gasteiger partial charge in [0.05, 0.1) is 13.2 Å². The molecule has 0 amide bonds. The van der Waals surface area contributed by atoms with Crippen molar-refractivity contribution in [1.82, 2.24) is 0 Å². The molecule has 0 fully saturated rings. The number of ether oxygens (including phenoxy) is 2. The van der Waals surface area contributed by atoms with E-state index >= 15 is 0 Å². The van der Waals surface area contributed by atoms with E-state index in [2.05, 4.69) is 0 Å². The molecule has 0 aliphatic rings. The molecule has 0 unspecified atom stereocenters. The van der Waals surface area contributed by atoms with E-state index in [1.807, 2.05) is 13.8 Å². The van der Waals surface area contributed by atoms with Crippen LogP contribution in [0.3, 0.4) is 0 Å². The van der Waals surface area contributed by atoms with Crippen molar-refractivity contribution in [3.63, 3.8) is 0 Å². The molecule has 0 aromatic heterocycles. The normalized spacial score (nSPS) is 11.4. The van der Waals surface area contributed by atoms with Crippen LogP contribution < -0.4 is 9.47 Å². The van der Waals surface area contributed by atoms with Gasteiger partial charge in [0.1, 0.15) is 0 Å². The van der Waals surface area contributed by atoms with Gasteiger partial charge in [-0.05, 0) is 25.0 Å². The standard InChI is InChI=1S/C21H28O6/c1-5-11-26-15-9-7-13(17(22)19(15)24)21(3,4)14-8-10-16(27-12-6-2)20(25)18(14)23/h7-10,22-25H,5-6,11-12H2,1-4H3. The fourth-order valence-electron chi connectivity index (χ4n) is 2.93. The van der Waals surface area contributed by atoms with Crippen molar-refractivity contribution in [1.29, 1.82) is 0 Å². The molecule has 148 valence electrons. The highest BCUT2D eigenvalue weighted by Gasteiger charge is 2.32. The molecule has 2 rings (SSSR count). The molecule has 0 saturated heterocycles. The van der Waals surface area contributed by atoms with E-state index in [9.17, 15) is 20.4 Å². The maximum Gasteiger partial charge on any atom is 0.200 e. The van der Waals surface area contributed by atoms with E-state index in [1.54, 1.807) is 38.1 Å². The lowest BCUT2D eigenvalue weighted by Crippen LogP contribution is -2.19. The second kappa shape index (κ2) is 8.29. The predicted molar refractivity (Wildman–Crippen MR) is 103 cm³/mol. The van der Waals surface area contributed by atoms with Gasteiger partial charge in [-0.2, -0.15) is 0 Å². The minimum absolute atomic E-state index is 0.198. The third kappa shape index (κ3) is 3.99. The second-order valence-corrected chi connectivity index (χ2v) is 6.94. The quantitative estimate of drug-likeness (QED) is 0.509. The lowest BCUT2D eigenvalue weighted by molar-refractivity contribution is 0.289. The van der Waals surface area contributed by atoms with Crippen molar-refractivity contribution in [3.05, 3.63) is 35.4 Å². The Hall–Kier alpha value is -2.76. The Morgan fingerprint density at radius 1 is 0.667 bits per heavy atom. The summed E-state index contributed by atoms with van der Waals surface area (Å²) >= 11 is 0. The Morgan fingerprint density at radius 2 is 1.04 bits per heavy atom. The molecule has 2 aromatic rings. The molecule has 0 saturated carbocycles. The van der Waals surface area contributed by atoms with Crippen LogP contribution in [0.2, 0.25) is 0 Å². The first-order valence-electron chi connectivity index (χ1n) is 9.12.